The number of thioether (sulfide) groups is 1. The van der Waals surface area contributed by atoms with Crippen LogP contribution in [-0.4, -0.2) is 28.3 Å². The number of carbonyl (C=O) groups is 1. The van der Waals surface area contributed by atoms with Gasteiger partial charge in [-0.25, -0.2) is 4.98 Å². The van der Waals surface area contributed by atoms with Crippen LogP contribution in [0.2, 0.25) is 10.0 Å². The SMILES string of the molecule is COc1ccccc1-n1c(SCC(=O)Nc2ccc(Cl)cc2Cl)nc2ccccc2c1=O. The van der Waals surface area contributed by atoms with Crippen LogP contribution in [0.1, 0.15) is 0 Å². The zero-order chi connectivity index (χ0) is 22.7. The van der Waals surface area contributed by atoms with E-state index in [9.17, 15) is 9.59 Å². The van der Waals surface area contributed by atoms with Gasteiger partial charge in [0.1, 0.15) is 5.75 Å². The minimum Gasteiger partial charge on any atom is -0.495 e. The van der Waals surface area contributed by atoms with Gasteiger partial charge in [0.25, 0.3) is 5.56 Å². The monoisotopic (exact) mass is 485 g/mol. The molecule has 0 radical (unpaired) electrons. The van der Waals surface area contributed by atoms with E-state index in [0.29, 0.717) is 43.2 Å². The van der Waals surface area contributed by atoms with Crippen molar-refractivity contribution in [1.29, 1.82) is 0 Å². The fourth-order valence-corrected chi connectivity index (χ4v) is 4.40. The van der Waals surface area contributed by atoms with E-state index in [1.807, 2.05) is 18.2 Å². The summed E-state index contributed by atoms with van der Waals surface area (Å²) in [6.45, 7) is 0. The summed E-state index contributed by atoms with van der Waals surface area (Å²) in [5.41, 5.74) is 1.30. The van der Waals surface area contributed by atoms with Gasteiger partial charge in [0.15, 0.2) is 5.16 Å². The molecule has 32 heavy (non-hydrogen) atoms. The van der Waals surface area contributed by atoms with Crippen LogP contribution in [0.5, 0.6) is 5.75 Å². The number of hydrogen-bond donors (Lipinski definition) is 1. The summed E-state index contributed by atoms with van der Waals surface area (Å²) < 4.78 is 6.91. The van der Waals surface area contributed by atoms with Crippen molar-refractivity contribution >= 4 is 57.5 Å². The van der Waals surface area contributed by atoms with Gasteiger partial charge in [-0.05, 0) is 42.5 Å². The highest BCUT2D eigenvalue weighted by molar-refractivity contribution is 7.99. The minimum atomic E-state index is -0.298. The van der Waals surface area contributed by atoms with Gasteiger partial charge in [0, 0.05) is 5.02 Å². The number of aromatic nitrogens is 2. The number of halogens is 2. The maximum atomic E-state index is 13.4. The molecular formula is C23H17Cl2N3O3S. The predicted octanol–water partition coefficient (Wildman–Crippen LogP) is 5.43. The number of nitrogens with zero attached hydrogens (tertiary/aromatic N) is 2. The zero-order valence-electron chi connectivity index (χ0n) is 16.8. The second kappa shape index (κ2) is 9.65. The molecule has 0 bridgehead atoms. The summed E-state index contributed by atoms with van der Waals surface area (Å²) >= 11 is 13.2. The third-order valence-corrected chi connectivity index (χ3v) is 6.09. The second-order valence-electron chi connectivity index (χ2n) is 6.68. The van der Waals surface area contributed by atoms with Crippen LogP contribution in [0.3, 0.4) is 0 Å². The quantitative estimate of drug-likeness (QED) is 0.291. The van der Waals surface area contributed by atoms with Gasteiger partial charge in [-0.1, -0.05) is 59.2 Å². The Morgan fingerprint density at radius 1 is 1.09 bits per heavy atom. The van der Waals surface area contributed by atoms with Crippen LogP contribution in [-0.2, 0) is 4.79 Å². The number of fused-ring (bicyclic) bond motifs is 1. The molecule has 1 heterocycles. The molecule has 3 aromatic carbocycles. The number of benzene rings is 3. The summed E-state index contributed by atoms with van der Waals surface area (Å²) in [5, 5.41) is 4.41. The lowest BCUT2D eigenvalue weighted by Gasteiger charge is -2.15. The van der Waals surface area contributed by atoms with E-state index in [2.05, 4.69) is 10.3 Å². The molecule has 1 aromatic heterocycles. The van der Waals surface area contributed by atoms with E-state index in [0.717, 1.165) is 11.8 Å². The molecule has 0 unspecified atom stereocenters. The third kappa shape index (κ3) is 4.60. The van der Waals surface area contributed by atoms with E-state index in [4.69, 9.17) is 27.9 Å². The number of anilines is 1. The van der Waals surface area contributed by atoms with Crippen molar-refractivity contribution < 1.29 is 9.53 Å². The number of nitrogens with one attached hydrogen (secondary N) is 1. The van der Waals surface area contributed by atoms with Gasteiger partial charge in [-0.3, -0.25) is 14.2 Å². The molecule has 0 saturated carbocycles. The van der Waals surface area contributed by atoms with Crippen LogP contribution >= 0.6 is 35.0 Å². The van der Waals surface area contributed by atoms with Crippen molar-refractivity contribution in [1.82, 2.24) is 9.55 Å². The Kier molecular flexibility index (Phi) is 6.69. The lowest BCUT2D eigenvalue weighted by Crippen LogP contribution is -2.23. The first-order chi connectivity index (χ1) is 15.5. The summed E-state index contributed by atoms with van der Waals surface area (Å²) in [4.78, 5) is 30.6. The van der Waals surface area contributed by atoms with Crippen LogP contribution in [0.15, 0.2) is 76.7 Å². The Labute approximate surface area is 198 Å². The summed E-state index contributed by atoms with van der Waals surface area (Å²) in [6, 6.07) is 19.1. The molecule has 0 saturated heterocycles. The molecule has 4 aromatic rings. The van der Waals surface area contributed by atoms with Crippen LogP contribution in [0, 0.1) is 0 Å². The first-order valence-corrected chi connectivity index (χ1v) is 11.2. The number of methoxy groups -OCH3 is 1. The van der Waals surface area contributed by atoms with Crippen molar-refractivity contribution in [2.24, 2.45) is 0 Å². The predicted molar refractivity (Wildman–Crippen MR) is 130 cm³/mol. The molecule has 0 spiro atoms. The van der Waals surface area contributed by atoms with Gasteiger partial charge < -0.3 is 10.1 Å². The first kappa shape index (κ1) is 22.2. The smallest absolute Gasteiger partial charge is 0.266 e. The van der Waals surface area contributed by atoms with E-state index in [1.54, 1.807) is 48.5 Å². The Balaban J connectivity index is 1.70. The molecule has 9 heteroatoms. The second-order valence-corrected chi connectivity index (χ2v) is 8.47. The molecule has 1 N–H and O–H groups in total. The maximum absolute atomic E-state index is 13.4. The lowest BCUT2D eigenvalue weighted by molar-refractivity contribution is -0.113. The molecule has 0 aliphatic carbocycles. The van der Waals surface area contributed by atoms with Crippen molar-refractivity contribution in [2.75, 3.05) is 18.2 Å². The van der Waals surface area contributed by atoms with Crippen molar-refractivity contribution in [3.05, 3.63) is 87.1 Å². The Morgan fingerprint density at radius 3 is 2.62 bits per heavy atom. The highest BCUT2D eigenvalue weighted by atomic mass is 35.5. The van der Waals surface area contributed by atoms with E-state index in [-0.39, 0.29) is 17.2 Å². The summed E-state index contributed by atoms with van der Waals surface area (Å²) in [7, 11) is 1.54. The minimum absolute atomic E-state index is 0.0128. The highest BCUT2D eigenvalue weighted by Gasteiger charge is 2.17. The summed E-state index contributed by atoms with van der Waals surface area (Å²) in [5.74, 6) is 0.234. The number of carbonyl (C=O) groups excluding carboxylic acids is 1. The Bertz CT molecular complexity index is 1370. The van der Waals surface area contributed by atoms with Gasteiger partial charge in [0.05, 0.1) is 40.2 Å². The van der Waals surface area contributed by atoms with Gasteiger partial charge in [0.2, 0.25) is 5.91 Å². The van der Waals surface area contributed by atoms with Crippen LogP contribution in [0.25, 0.3) is 16.6 Å². The molecule has 0 aliphatic heterocycles. The molecule has 0 atom stereocenters. The number of rotatable bonds is 6. The maximum Gasteiger partial charge on any atom is 0.266 e. The molecule has 6 nitrogen and oxygen atoms in total. The van der Waals surface area contributed by atoms with Gasteiger partial charge in [-0.15, -0.1) is 0 Å². The summed E-state index contributed by atoms with van der Waals surface area (Å²) in [6.07, 6.45) is 0. The Morgan fingerprint density at radius 2 is 1.84 bits per heavy atom. The number of hydrogen-bond acceptors (Lipinski definition) is 5. The van der Waals surface area contributed by atoms with Crippen LogP contribution in [0.4, 0.5) is 5.69 Å². The van der Waals surface area contributed by atoms with Crippen LogP contribution < -0.4 is 15.6 Å². The molecule has 162 valence electrons. The van der Waals surface area contributed by atoms with Gasteiger partial charge in [-0.2, -0.15) is 0 Å². The number of ether oxygens (including phenoxy) is 1. The fraction of sp³-hybridized carbons (Fsp3) is 0.0870. The van der Waals surface area contributed by atoms with Crippen molar-refractivity contribution in [3.8, 4) is 11.4 Å². The number of amides is 1. The Hall–Kier alpha value is -3.00. The lowest BCUT2D eigenvalue weighted by atomic mass is 10.2. The number of para-hydroxylation sites is 3. The van der Waals surface area contributed by atoms with E-state index in [1.165, 1.54) is 11.7 Å². The fourth-order valence-electron chi connectivity index (χ4n) is 3.14. The standard InChI is InChI=1S/C23H17Cl2N3O3S/c1-31-20-9-5-4-8-19(20)28-22(30)15-6-2-3-7-17(15)27-23(28)32-13-21(29)26-18-11-10-14(24)12-16(18)25/h2-12H,13H2,1H3,(H,26,29). The van der Waals surface area contributed by atoms with Crippen molar-refractivity contribution in [3.63, 3.8) is 0 Å². The molecule has 0 fully saturated rings. The average molecular weight is 486 g/mol. The van der Waals surface area contributed by atoms with E-state index >= 15 is 0 Å². The van der Waals surface area contributed by atoms with Gasteiger partial charge >= 0.3 is 0 Å². The molecule has 4 rings (SSSR count). The first-order valence-electron chi connectivity index (χ1n) is 9.51. The average Bonchev–Trinajstić information content (AvgIpc) is 2.80. The van der Waals surface area contributed by atoms with Crippen molar-refractivity contribution in [2.45, 2.75) is 5.16 Å². The molecule has 0 aliphatic rings. The normalized spacial score (nSPS) is 10.8. The molecular weight excluding hydrogens is 469 g/mol. The largest absolute Gasteiger partial charge is 0.495 e. The zero-order valence-corrected chi connectivity index (χ0v) is 19.2. The van der Waals surface area contributed by atoms with E-state index < -0.39 is 0 Å². The topological polar surface area (TPSA) is 73.2 Å². The highest BCUT2D eigenvalue weighted by Crippen LogP contribution is 2.28. The molecule has 1 amide bonds. The third-order valence-electron chi connectivity index (χ3n) is 4.61.